The molecule has 10 heteroatoms. The van der Waals surface area contributed by atoms with Gasteiger partial charge in [-0.3, -0.25) is 10.0 Å². The molecule has 0 aliphatic rings. The zero-order valence-corrected chi connectivity index (χ0v) is 19.0. The summed E-state index contributed by atoms with van der Waals surface area (Å²) in [5.74, 6) is -1.40. The Balaban J connectivity index is 2.16. The fourth-order valence-electron chi connectivity index (χ4n) is 3.15. The van der Waals surface area contributed by atoms with Crippen LogP contribution in [0.25, 0.3) is 10.1 Å². The Kier molecular flexibility index (Phi) is 10.2. The zero-order chi connectivity index (χ0) is 22.0. The van der Waals surface area contributed by atoms with Crippen LogP contribution in [0, 0.1) is 5.92 Å². The average molecular weight is 459 g/mol. The molecule has 2 rings (SSSR count). The summed E-state index contributed by atoms with van der Waals surface area (Å²) >= 11 is 1.60. The second kappa shape index (κ2) is 12.3. The maximum absolute atomic E-state index is 13.2. The molecule has 1 aromatic heterocycles. The molecule has 0 saturated heterocycles. The van der Waals surface area contributed by atoms with E-state index in [2.05, 4.69) is 0 Å². The molecular weight excluding hydrogens is 428 g/mol. The number of fused-ring (bicyclic) bond motifs is 1. The Bertz CT molecular complexity index is 900. The number of methoxy groups -OCH3 is 1. The summed E-state index contributed by atoms with van der Waals surface area (Å²) in [6.07, 6.45) is 1.15. The lowest BCUT2D eigenvalue weighted by Crippen LogP contribution is -2.42. The van der Waals surface area contributed by atoms with Crippen LogP contribution in [0.15, 0.2) is 29.6 Å². The molecule has 8 nitrogen and oxygen atoms in total. The number of sulfonamides is 1. The fraction of sp³-hybridized carbons (Fsp3) is 0.550. The van der Waals surface area contributed by atoms with Crippen LogP contribution in [-0.4, -0.2) is 63.9 Å². The fourth-order valence-corrected chi connectivity index (χ4v) is 5.47. The first-order valence-corrected chi connectivity index (χ1v) is 12.3. The van der Waals surface area contributed by atoms with Crippen molar-refractivity contribution in [2.45, 2.75) is 25.5 Å². The lowest BCUT2D eigenvalue weighted by molar-refractivity contribution is -0.133. The van der Waals surface area contributed by atoms with Gasteiger partial charge in [-0.1, -0.05) is 19.4 Å². The molecule has 168 valence electrons. The molecule has 0 aliphatic heterocycles. The third kappa shape index (κ3) is 7.29. The molecule has 30 heavy (non-hydrogen) atoms. The van der Waals surface area contributed by atoms with Crippen molar-refractivity contribution < 1.29 is 27.9 Å². The van der Waals surface area contributed by atoms with E-state index in [0.717, 1.165) is 10.1 Å². The minimum atomic E-state index is -3.71. The molecule has 1 atom stereocenters. The van der Waals surface area contributed by atoms with E-state index >= 15 is 0 Å². The molecule has 0 saturated carbocycles. The van der Waals surface area contributed by atoms with Crippen LogP contribution in [0.1, 0.15) is 25.3 Å². The number of thiophene rings is 1. The van der Waals surface area contributed by atoms with Crippen molar-refractivity contribution in [3.8, 4) is 0 Å². The number of carbonyl (C=O) groups is 1. The molecule has 2 N–H and O–H groups in total. The van der Waals surface area contributed by atoms with Crippen molar-refractivity contribution in [2.75, 3.05) is 40.0 Å². The highest BCUT2D eigenvalue weighted by Gasteiger charge is 2.28. The lowest BCUT2D eigenvalue weighted by atomic mass is 10.0. The van der Waals surface area contributed by atoms with Gasteiger partial charge in [-0.15, -0.1) is 11.3 Å². The van der Waals surface area contributed by atoms with Gasteiger partial charge in [-0.25, -0.2) is 13.9 Å². The summed E-state index contributed by atoms with van der Waals surface area (Å²) in [6, 6.07) is 7.57. The Hall–Kier alpha value is -1.56. The van der Waals surface area contributed by atoms with Gasteiger partial charge in [0.1, 0.15) is 0 Å². The van der Waals surface area contributed by atoms with Crippen molar-refractivity contribution in [1.82, 2.24) is 9.79 Å². The molecule has 1 aromatic carbocycles. The standard InChI is InChI=1S/C20H30N2O6S2/c1-3-4-18(20(23)21-24)14-22(8-9-28-11-10-27-2)30(25,26)15-16-5-6-19-17(13-16)7-12-29-19/h5-7,12-13,18,24H,3-4,8-11,14-15H2,1-2H3,(H,21,23)/t18-/m1/s1. The van der Waals surface area contributed by atoms with Gasteiger partial charge in [-0.2, -0.15) is 4.31 Å². The summed E-state index contributed by atoms with van der Waals surface area (Å²) < 4.78 is 39.2. The number of benzene rings is 1. The van der Waals surface area contributed by atoms with Gasteiger partial charge < -0.3 is 9.47 Å². The molecule has 0 radical (unpaired) electrons. The Labute approximate surface area is 181 Å². The number of nitrogens with zero attached hydrogens (tertiary/aromatic N) is 1. The van der Waals surface area contributed by atoms with E-state index in [1.165, 1.54) is 4.31 Å². The molecule has 1 heterocycles. The van der Waals surface area contributed by atoms with Crippen molar-refractivity contribution >= 4 is 37.4 Å². The zero-order valence-electron chi connectivity index (χ0n) is 17.4. The highest BCUT2D eigenvalue weighted by molar-refractivity contribution is 7.88. The van der Waals surface area contributed by atoms with Crippen LogP contribution in [-0.2, 0) is 30.0 Å². The molecule has 0 spiro atoms. The molecule has 0 aliphatic carbocycles. The van der Waals surface area contributed by atoms with E-state index in [4.69, 9.17) is 14.7 Å². The summed E-state index contributed by atoms with van der Waals surface area (Å²) in [7, 11) is -2.15. The number of nitrogens with one attached hydrogen (secondary N) is 1. The monoisotopic (exact) mass is 458 g/mol. The average Bonchev–Trinajstić information content (AvgIpc) is 3.18. The maximum atomic E-state index is 13.2. The maximum Gasteiger partial charge on any atom is 0.247 e. The Morgan fingerprint density at radius 1 is 1.27 bits per heavy atom. The van der Waals surface area contributed by atoms with E-state index in [1.807, 2.05) is 36.6 Å². The van der Waals surface area contributed by atoms with Crippen molar-refractivity contribution in [2.24, 2.45) is 5.92 Å². The molecule has 2 aromatic rings. The van der Waals surface area contributed by atoms with Crippen molar-refractivity contribution in [3.05, 3.63) is 35.2 Å². The van der Waals surface area contributed by atoms with Gasteiger partial charge in [0, 0.05) is 24.9 Å². The lowest BCUT2D eigenvalue weighted by Gasteiger charge is -2.26. The number of carbonyl (C=O) groups excluding carboxylic acids is 1. The number of amides is 1. The number of hydroxylamine groups is 1. The van der Waals surface area contributed by atoms with Crippen LogP contribution < -0.4 is 5.48 Å². The summed E-state index contributed by atoms with van der Waals surface area (Å²) in [4.78, 5) is 12.0. The number of hydrogen-bond donors (Lipinski definition) is 2. The van der Waals surface area contributed by atoms with Gasteiger partial charge in [-0.05, 0) is 40.9 Å². The molecule has 0 unspecified atom stereocenters. The van der Waals surface area contributed by atoms with E-state index in [-0.39, 0.29) is 25.4 Å². The largest absolute Gasteiger partial charge is 0.382 e. The first-order chi connectivity index (χ1) is 14.4. The second-order valence-corrected chi connectivity index (χ2v) is 9.89. The van der Waals surface area contributed by atoms with Gasteiger partial charge in [0.25, 0.3) is 0 Å². The minimum Gasteiger partial charge on any atom is -0.382 e. The third-order valence-corrected chi connectivity index (χ3v) is 7.43. The first kappa shape index (κ1) is 24.7. The van der Waals surface area contributed by atoms with E-state index in [1.54, 1.807) is 23.9 Å². The quantitative estimate of drug-likeness (QED) is 0.256. The van der Waals surface area contributed by atoms with Crippen LogP contribution in [0.4, 0.5) is 0 Å². The van der Waals surface area contributed by atoms with E-state index in [9.17, 15) is 13.2 Å². The molecule has 0 fully saturated rings. The Morgan fingerprint density at radius 3 is 2.77 bits per heavy atom. The SMILES string of the molecule is CCC[C@H](CN(CCOCCOC)S(=O)(=O)Cc1ccc2sccc2c1)C(=O)NO. The second-order valence-electron chi connectivity index (χ2n) is 6.97. The predicted octanol–water partition coefficient (Wildman–Crippen LogP) is 2.62. The normalized spacial score (nSPS) is 13.1. The van der Waals surface area contributed by atoms with Gasteiger partial charge in [0.15, 0.2) is 0 Å². The Morgan fingerprint density at radius 2 is 2.07 bits per heavy atom. The summed E-state index contributed by atoms with van der Waals surface area (Å²) in [5.41, 5.74) is 2.34. The van der Waals surface area contributed by atoms with Crippen molar-refractivity contribution in [3.63, 3.8) is 0 Å². The number of ether oxygens (including phenoxy) is 2. The minimum absolute atomic E-state index is 0.0170. The summed E-state index contributed by atoms with van der Waals surface area (Å²) in [6.45, 7) is 2.96. The number of rotatable bonds is 14. The van der Waals surface area contributed by atoms with E-state index < -0.39 is 21.8 Å². The van der Waals surface area contributed by atoms with E-state index in [0.29, 0.717) is 31.6 Å². The topological polar surface area (TPSA) is 105 Å². The van der Waals surface area contributed by atoms with Gasteiger partial charge in [0.05, 0.1) is 31.5 Å². The van der Waals surface area contributed by atoms with Crippen LogP contribution in [0.5, 0.6) is 0 Å². The number of hydrogen-bond acceptors (Lipinski definition) is 7. The smallest absolute Gasteiger partial charge is 0.247 e. The third-order valence-electron chi connectivity index (χ3n) is 4.72. The van der Waals surface area contributed by atoms with Crippen molar-refractivity contribution in [1.29, 1.82) is 0 Å². The highest BCUT2D eigenvalue weighted by atomic mass is 32.2. The predicted molar refractivity (Wildman–Crippen MR) is 117 cm³/mol. The molecule has 1 amide bonds. The van der Waals surface area contributed by atoms with Gasteiger partial charge in [0.2, 0.25) is 15.9 Å². The summed E-state index contributed by atoms with van der Waals surface area (Å²) in [5, 5.41) is 12.0. The van der Waals surface area contributed by atoms with Crippen LogP contribution in [0.3, 0.4) is 0 Å². The highest BCUT2D eigenvalue weighted by Crippen LogP contribution is 2.24. The molecular formula is C20H30N2O6S2. The molecule has 0 bridgehead atoms. The van der Waals surface area contributed by atoms with Gasteiger partial charge >= 0.3 is 0 Å². The first-order valence-electron chi connectivity index (χ1n) is 9.85. The van der Waals surface area contributed by atoms with Crippen LogP contribution in [0.2, 0.25) is 0 Å². The van der Waals surface area contributed by atoms with Crippen LogP contribution >= 0.6 is 11.3 Å².